The maximum atomic E-state index is 12.9. The van der Waals surface area contributed by atoms with E-state index in [2.05, 4.69) is 43.7 Å². The Morgan fingerprint density at radius 2 is 1.71 bits per heavy atom. The number of nitrogens with zero attached hydrogens (tertiary/aromatic N) is 2. The molecular weight excluding hydrogens is 549 g/mol. The Balaban J connectivity index is 0.00000253. The van der Waals surface area contributed by atoms with Gasteiger partial charge in [-0.1, -0.05) is 45.7 Å². The summed E-state index contributed by atoms with van der Waals surface area (Å²) >= 11 is 9.71. The van der Waals surface area contributed by atoms with Crippen molar-refractivity contribution in [1.29, 1.82) is 0 Å². The summed E-state index contributed by atoms with van der Waals surface area (Å²) in [5.41, 5.74) is 6.14. The minimum atomic E-state index is -0.405. The van der Waals surface area contributed by atoms with Crippen molar-refractivity contribution in [2.45, 2.75) is 0 Å². The monoisotopic (exact) mass is 565 g/mol. The summed E-state index contributed by atoms with van der Waals surface area (Å²) in [7, 11) is 1.40. The molecule has 0 saturated carbocycles. The molecule has 0 spiro atoms. The zero-order chi connectivity index (χ0) is 23.4. The number of pyridine rings is 1. The molecule has 6 rings (SSSR count). The van der Waals surface area contributed by atoms with E-state index in [9.17, 15) is 4.79 Å². The quantitative estimate of drug-likeness (QED) is 0.262. The summed E-state index contributed by atoms with van der Waals surface area (Å²) in [6, 6.07) is 25.8. The Morgan fingerprint density at radius 3 is 2.43 bits per heavy atom. The molecular formula is C27H18BrCl2N3O2. The Labute approximate surface area is 220 Å². The number of carbonyl (C=O) groups is 1. The number of esters is 1. The third-order valence-electron chi connectivity index (χ3n) is 6.08. The fourth-order valence-corrected chi connectivity index (χ4v) is 4.92. The summed E-state index contributed by atoms with van der Waals surface area (Å²) in [5.74, 6) is -0.405. The molecule has 3 aromatic carbocycles. The number of hydrogen-bond donors (Lipinski definition) is 1. The average molecular weight is 567 g/mol. The Bertz CT molecular complexity index is 1720. The fraction of sp³-hybridized carbons (Fsp3) is 0.0370. The van der Waals surface area contributed by atoms with Crippen molar-refractivity contribution in [1.82, 2.24) is 9.55 Å². The molecule has 0 aliphatic heterocycles. The van der Waals surface area contributed by atoms with Crippen LogP contribution in [0.25, 0.3) is 44.3 Å². The van der Waals surface area contributed by atoms with Crippen LogP contribution in [0.3, 0.4) is 0 Å². The molecule has 0 radical (unpaired) electrons. The lowest BCUT2D eigenvalue weighted by molar-refractivity contribution is -0.514. The third kappa shape index (κ3) is 3.78. The molecule has 0 aliphatic rings. The standard InChI is InChI=1S/C27H17BrClN3O2.ClH/c1-34-27(33)23-14-21-20-4-2-3-5-22(20)30-24(21)26-25(16-6-8-17(28)9-7-16)31(15-32(23)26)19-12-10-18(29)11-13-19;/h2-15H,1H3;1H. The predicted octanol–water partition coefficient (Wildman–Crippen LogP) is 3.72. The number of aromatic nitrogens is 3. The van der Waals surface area contributed by atoms with Crippen LogP contribution >= 0.6 is 27.5 Å². The molecule has 0 saturated heterocycles. The summed E-state index contributed by atoms with van der Waals surface area (Å²) < 4.78 is 10.1. The van der Waals surface area contributed by atoms with Crippen LogP contribution in [0.2, 0.25) is 5.02 Å². The molecule has 0 unspecified atom stereocenters. The van der Waals surface area contributed by atoms with E-state index in [1.165, 1.54) is 7.11 Å². The van der Waals surface area contributed by atoms with Crippen molar-refractivity contribution in [3.05, 3.63) is 100 Å². The van der Waals surface area contributed by atoms with Gasteiger partial charge >= 0.3 is 5.97 Å². The summed E-state index contributed by atoms with van der Waals surface area (Å²) in [4.78, 5) is 16.5. The Morgan fingerprint density at radius 1 is 1.00 bits per heavy atom. The molecule has 3 aromatic heterocycles. The van der Waals surface area contributed by atoms with Gasteiger partial charge in [0.05, 0.1) is 12.6 Å². The van der Waals surface area contributed by atoms with Crippen LogP contribution < -0.4 is 16.8 Å². The van der Waals surface area contributed by atoms with E-state index in [4.69, 9.17) is 16.3 Å². The highest BCUT2D eigenvalue weighted by molar-refractivity contribution is 9.10. The second kappa shape index (κ2) is 9.04. The molecule has 0 fully saturated rings. The molecule has 0 bridgehead atoms. The van der Waals surface area contributed by atoms with Crippen molar-refractivity contribution in [3.8, 4) is 16.9 Å². The van der Waals surface area contributed by atoms with Gasteiger partial charge in [-0.25, -0.2) is 4.79 Å². The van der Waals surface area contributed by atoms with E-state index in [0.29, 0.717) is 10.7 Å². The first kappa shape index (κ1) is 23.4. The van der Waals surface area contributed by atoms with Gasteiger partial charge in [0.25, 0.3) is 6.33 Å². The minimum absolute atomic E-state index is 0. The number of benzene rings is 3. The number of H-pyrrole nitrogens is 1. The summed E-state index contributed by atoms with van der Waals surface area (Å²) in [5, 5.41) is 2.67. The number of halogens is 3. The lowest BCUT2D eigenvalue weighted by Crippen LogP contribution is -3.00. The van der Waals surface area contributed by atoms with E-state index in [1.807, 2.05) is 71.4 Å². The molecule has 8 heteroatoms. The largest absolute Gasteiger partial charge is 1.00 e. The van der Waals surface area contributed by atoms with Crippen LogP contribution in [0, 0.1) is 0 Å². The minimum Gasteiger partial charge on any atom is -1.00 e. The van der Waals surface area contributed by atoms with Gasteiger partial charge in [-0.3, -0.25) is 0 Å². The number of carbonyl (C=O) groups excluding carboxylic acids is 1. The normalized spacial score (nSPS) is 11.2. The molecule has 0 amide bonds. The second-order valence-corrected chi connectivity index (χ2v) is 9.37. The van der Waals surface area contributed by atoms with Crippen LogP contribution in [0.4, 0.5) is 0 Å². The smallest absolute Gasteiger partial charge is 0.378 e. The van der Waals surface area contributed by atoms with Gasteiger partial charge in [0.15, 0.2) is 5.69 Å². The van der Waals surface area contributed by atoms with E-state index in [0.717, 1.165) is 48.7 Å². The number of fused-ring (bicyclic) bond motifs is 5. The van der Waals surface area contributed by atoms with E-state index < -0.39 is 5.97 Å². The van der Waals surface area contributed by atoms with E-state index in [1.54, 1.807) is 0 Å². The second-order valence-electron chi connectivity index (χ2n) is 8.02. The molecule has 174 valence electrons. The van der Waals surface area contributed by atoms with Gasteiger partial charge in [-0.05, 0) is 54.6 Å². The number of hydrogen-bond acceptors (Lipinski definition) is 2. The highest BCUT2D eigenvalue weighted by atomic mass is 79.9. The van der Waals surface area contributed by atoms with E-state index in [-0.39, 0.29) is 12.4 Å². The van der Waals surface area contributed by atoms with Crippen molar-refractivity contribution < 1.29 is 26.3 Å². The first-order valence-electron chi connectivity index (χ1n) is 10.7. The van der Waals surface area contributed by atoms with Crippen LogP contribution in [-0.2, 0) is 4.74 Å². The first-order chi connectivity index (χ1) is 16.5. The number of rotatable bonds is 3. The Kier molecular flexibility index (Phi) is 6.05. The van der Waals surface area contributed by atoms with Gasteiger partial charge < -0.3 is 22.1 Å². The maximum absolute atomic E-state index is 12.9. The van der Waals surface area contributed by atoms with E-state index >= 15 is 0 Å². The van der Waals surface area contributed by atoms with Crippen LogP contribution in [0.1, 0.15) is 10.5 Å². The van der Waals surface area contributed by atoms with Crippen molar-refractivity contribution in [2.24, 2.45) is 0 Å². The van der Waals surface area contributed by atoms with Crippen LogP contribution in [0.15, 0.2) is 89.7 Å². The Hall–Kier alpha value is -3.32. The SMILES string of the molecule is COC(=O)c1cc2c3ccccc3[nH]c2c2c(-c3ccc(Br)cc3)n(-c3ccc(Cl)cc3)c[n+]12.[Cl-]. The fourth-order valence-electron chi connectivity index (χ4n) is 4.53. The number of nitrogens with one attached hydrogen (secondary N) is 1. The lowest BCUT2D eigenvalue weighted by Gasteiger charge is -2.04. The number of imidazole rings is 1. The highest BCUT2D eigenvalue weighted by Gasteiger charge is 2.29. The first-order valence-corrected chi connectivity index (χ1v) is 11.8. The van der Waals surface area contributed by atoms with Crippen LogP contribution in [0.5, 0.6) is 0 Å². The molecule has 6 aromatic rings. The zero-order valence-corrected chi connectivity index (χ0v) is 21.5. The van der Waals surface area contributed by atoms with Crippen LogP contribution in [-0.4, -0.2) is 22.6 Å². The van der Waals surface area contributed by atoms with Crippen molar-refractivity contribution >= 4 is 60.8 Å². The molecule has 5 nitrogen and oxygen atoms in total. The zero-order valence-electron chi connectivity index (χ0n) is 18.4. The van der Waals surface area contributed by atoms with Gasteiger partial charge in [0.2, 0.25) is 11.2 Å². The number of methoxy groups -OCH3 is 1. The number of aromatic amines is 1. The summed E-state index contributed by atoms with van der Waals surface area (Å²) in [6.07, 6.45) is 1.92. The average Bonchev–Trinajstić information content (AvgIpc) is 3.43. The molecule has 3 heterocycles. The van der Waals surface area contributed by atoms with Gasteiger partial charge in [-0.15, -0.1) is 0 Å². The number of ether oxygens (including phenoxy) is 1. The third-order valence-corrected chi connectivity index (χ3v) is 6.86. The molecule has 0 atom stereocenters. The van der Waals surface area contributed by atoms with Crippen molar-refractivity contribution in [3.63, 3.8) is 0 Å². The molecule has 35 heavy (non-hydrogen) atoms. The topological polar surface area (TPSA) is 51.1 Å². The van der Waals surface area contributed by atoms with Gasteiger partial charge in [-0.2, -0.15) is 8.97 Å². The number of para-hydroxylation sites is 1. The molecule has 0 aliphatic carbocycles. The lowest BCUT2D eigenvalue weighted by atomic mass is 10.1. The highest BCUT2D eigenvalue weighted by Crippen LogP contribution is 2.35. The summed E-state index contributed by atoms with van der Waals surface area (Å²) in [6.45, 7) is 0. The van der Waals surface area contributed by atoms with Crippen molar-refractivity contribution in [2.75, 3.05) is 7.11 Å². The maximum Gasteiger partial charge on any atom is 0.378 e. The molecule has 1 N–H and O–H groups in total. The predicted molar refractivity (Wildman–Crippen MR) is 138 cm³/mol. The van der Waals surface area contributed by atoms with Gasteiger partial charge in [0.1, 0.15) is 5.69 Å². The van der Waals surface area contributed by atoms with Gasteiger partial charge in [0, 0.05) is 37.4 Å².